The fraction of sp³-hybridized carbons (Fsp3) is 0.900. The van der Waals surface area contributed by atoms with Crippen LogP contribution in [-0.4, -0.2) is 31.8 Å². The van der Waals surface area contributed by atoms with Crippen LogP contribution in [0.1, 0.15) is 39.5 Å². The molecule has 0 spiro atoms. The van der Waals surface area contributed by atoms with Gasteiger partial charge in [0.05, 0.1) is 5.75 Å². The molecule has 0 bridgehead atoms. The van der Waals surface area contributed by atoms with Gasteiger partial charge in [-0.25, -0.2) is 13.1 Å². The average molecular weight is 251 g/mol. The van der Waals surface area contributed by atoms with Crippen molar-refractivity contribution in [1.29, 1.82) is 0 Å². The second-order valence-corrected chi connectivity index (χ2v) is 5.89. The Morgan fingerprint density at radius 2 is 1.94 bits per heavy atom. The van der Waals surface area contributed by atoms with Gasteiger partial charge in [-0.05, 0) is 25.7 Å². The summed E-state index contributed by atoms with van der Waals surface area (Å²) in [6, 6.07) is 0. The molecule has 0 saturated heterocycles. The van der Waals surface area contributed by atoms with Gasteiger partial charge in [0.1, 0.15) is 0 Å². The molecule has 0 aliphatic rings. The topological polar surface area (TPSA) is 83.5 Å². The molecule has 6 heteroatoms. The minimum absolute atomic E-state index is 0.0823. The number of sulfonamides is 1. The second-order valence-electron chi connectivity index (χ2n) is 3.79. The van der Waals surface area contributed by atoms with E-state index in [4.69, 9.17) is 5.11 Å². The van der Waals surface area contributed by atoms with Gasteiger partial charge in [-0.2, -0.15) is 0 Å². The van der Waals surface area contributed by atoms with Gasteiger partial charge in [-0.15, -0.1) is 0 Å². The van der Waals surface area contributed by atoms with Crippen molar-refractivity contribution in [3.63, 3.8) is 0 Å². The van der Waals surface area contributed by atoms with E-state index in [1.54, 1.807) is 6.92 Å². The van der Waals surface area contributed by atoms with Crippen LogP contribution in [0.2, 0.25) is 0 Å². The van der Waals surface area contributed by atoms with Crippen molar-refractivity contribution in [2.24, 2.45) is 5.92 Å². The summed E-state index contributed by atoms with van der Waals surface area (Å²) in [5.74, 6) is -0.443. The zero-order valence-electron chi connectivity index (χ0n) is 9.90. The number of hydrogen-bond donors (Lipinski definition) is 2. The van der Waals surface area contributed by atoms with E-state index >= 15 is 0 Å². The fourth-order valence-electron chi connectivity index (χ4n) is 1.40. The van der Waals surface area contributed by atoms with E-state index in [1.807, 2.05) is 6.92 Å². The summed E-state index contributed by atoms with van der Waals surface area (Å²) in [6.07, 6.45) is 2.34. The van der Waals surface area contributed by atoms with Gasteiger partial charge in [-0.1, -0.05) is 13.3 Å². The molecule has 0 aliphatic heterocycles. The molecule has 1 unspecified atom stereocenters. The first kappa shape index (κ1) is 15.4. The van der Waals surface area contributed by atoms with Crippen LogP contribution in [0.5, 0.6) is 0 Å². The Bertz CT molecular complexity index is 300. The smallest absolute Gasteiger partial charge is 0.303 e. The van der Waals surface area contributed by atoms with Gasteiger partial charge in [0.2, 0.25) is 10.0 Å². The van der Waals surface area contributed by atoms with E-state index in [-0.39, 0.29) is 18.1 Å². The maximum atomic E-state index is 11.1. The van der Waals surface area contributed by atoms with Crippen LogP contribution in [0.4, 0.5) is 0 Å². The van der Waals surface area contributed by atoms with E-state index in [0.29, 0.717) is 19.4 Å². The van der Waals surface area contributed by atoms with Gasteiger partial charge >= 0.3 is 5.97 Å². The van der Waals surface area contributed by atoms with Crippen molar-refractivity contribution in [2.75, 3.05) is 12.3 Å². The first-order valence-corrected chi connectivity index (χ1v) is 7.25. The highest BCUT2D eigenvalue weighted by atomic mass is 32.2. The predicted octanol–water partition coefficient (Wildman–Crippen LogP) is 1.21. The van der Waals surface area contributed by atoms with Crippen LogP contribution < -0.4 is 4.72 Å². The summed E-state index contributed by atoms with van der Waals surface area (Å²) in [5.41, 5.74) is 0. The Balaban J connectivity index is 3.83. The second kappa shape index (κ2) is 7.62. The lowest BCUT2D eigenvalue weighted by Gasteiger charge is -2.13. The van der Waals surface area contributed by atoms with Crippen LogP contribution in [0.3, 0.4) is 0 Å². The molecule has 0 fully saturated rings. The fourth-order valence-corrected chi connectivity index (χ4v) is 2.03. The standard InChI is InChI=1S/C10H21NO4S/c1-3-9(5-6-10(12)13)7-8-11-16(14,15)4-2/h9,11H,3-8H2,1-2H3,(H,12,13). The first-order valence-electron chi connectivity index (χ1n) is 5.60. The van der Waals surface area contributed by atoms with Crippen LogP contribution in [0, 0.1) is 5.92 Å². The molecule has 96 valence electrons. The summed E-state index contributed by atoms with van der Waals surface area (Å²) in [7, 11) is -3.12. The number of nitrogens with one attached hydrogen (secondary N) is 1. The summed E-state index contributed by atoms with van der Waals surface area (Å²) in [4.78, 5) is 10.4. The number of rotatable bonds is 9. The van der Waals surface area contributed by atoms with Gasteiger partial charge in [0, 0.05) is 13.0 Å². The molecule has 1 atom stereocenters. The average Bonchev–Trinajstić information content (AvgIpc) is 2.22. The van der Waals surface area contributed by atoms with Crippen molar-refractivity contribution in [3.8, 4) is 0 Å². The Hall–Kier alpha value is -0.620. The van der Waals surface area contributed by atoms with Crippen molar-refractivity contribution in [2.45, 2.75) is 39.5 Å². The summed E-state index contributed by atoms with van der Waals surface area (Å²) >= 11 is 0. The van der Waals surface area contributed by atoms with Crippen LogP contribution in [-0.2, 0) is 14.8 Å². The molecule has 0 aromatic rings. The number of carboxylic acids is 1. The SMILES string of the molecule is CCC(CCNS(=O)(=O)CC)CCC(=O)O. The van der Waals surface area contributed by atoms with Crippen molar-refractivity contribution >= 4 is 16.0 Å². The lowest BCUT2D eigenvalue weighted by Crippen LogP contribution is -2.27. The van der Waals surface area contributed by atoms with E-state index < -0.39 is 16.0 Å². The molecule has 0 saturated carbocycles. The third-order valence-electron chi connectivity index (χ3n) is 2.60. The minimum Gasteiger partial charge on any atom is -0.481 e. The number of hydrogen-bond acceptors (Lipinski definition) is 3. The molecule has 0 heterocycles. The monoisotopic (exact) mass is 251 g/mol. The van der Waals surface area contributed by atoms with Crippen molar-refractivity contribution in [1.82, 2.24) is 4.72 Å². The van der Waals surface area contributed by atoms with Gasteiger partial charge in [0.15, 0.2) is 0 Å². The van der Waals surface area contributed by atoms with E-state index in [1.165, 1.54) is 0 Å². The molecular formula is C10H21NO4S. The maximum absolute atomic E-state index is 11.1. The van der Waals surface area contributed by atoms with Crippen molar-refractivity contribution < 1.29 is 18.3 Å². The van der Waals surface area contributed by atoms with Gasteiger partial charge < -0.3 is 5.11 Å². The third kappa shape index (κ3) is 7.64. The summed E-state index contributed by atoms with van der Waals surface area (Å²) < 4.78 is 24.7. The highest BCUT2D eigenvalue weighted by molar-refractivity contribution is 7.89. The lowest BCUT2D eigenvalue weighted by atomic mass is 9.97. The first-order chi connectivity index (χ1) is 7.41. The van der Waals surface area contributed by atoms with Crippen LogP contribution in [0.15, 0.2) is 0 Å². The predicted molar refractivity (Wildman–Crippen MR) is 62.7 cm³/mol. The zero-order valence-corrected chi connectivity index (χ0v) is 10.7. The normalized spacial score (nSPS) is 13.6. The zero-order chi connectivity index (χ0) is 12.6. The molecule has 0 rings (SSSR count). The number of aliphatic carboxylic acids is 1. The highest BCUT2D eigenvalue weighted by Crippen LogP contribution is 2.14. The lowest BCUT2D eigenvalue weighted by molar-refractivity contribution is -0.137. The van der Waals surface area contributed by atoms with Crippen molar-refractivity contribution in [3.05, 3.63) is 0 Å². The Morgan fingerprint density at radius 1 is 1.31 bits per heavy atom. The number of carboxylic acid groups (broad SMARTS) is 1. The van der Waals surface area contributed by atoms with E-state index in [2.05, 4.69) is 4.72 Å². The van der Waals surface area contributed by atoms with Gasteiger partial charge in [0.25, 0.3) is 0 Å². The van der Waals surface area contributed by atoms with Crippen LogP contribution >= 0.6 is 0 Å². The van der Waals surface area contributed by atoms with Crippen LogP contribution in [0.25, 0.3) is 0 Å². The minimum atomic E-state index is -3.12. The largest absolute Gasteiger partial charge is 0.481 e. The molecule has 0 aliphatic carbocycles. The molecule has 0 aromatic carbocycles. The van der Waals surface area contributed by atoms with E-state index in [0.717, 1.165) is 6.42 Å². The molecule has 5 nitrogen and oxygen atoms in total. The Morgan fingerprint density at radius 3 is 2.38 bits per heavy atom. The molecule has 0 aromatic heterocycles. The number of carbonyl (C=O) groups is 1. The summed E-state index contributed by atoms with van der Waals surface area (Å²) in [5, 5.41) is 8.54. The third-order valence-corrected chi connectivity index (χ3v) is 4.00. The highest BCUT2D eigenvalue weighted by Gasteiger charge is 2.11. The molecule has 0 amide bonds. The molecule has 0 radical (unpaired) electrons. The van der Waals surface area contributed by atoms with Gasteiger partial charge in [-0.3, -0.25) is 4.79 Å². The summed E-state index contributed by atoms with van der Waals surface area (Å²) in [6.45, 7) is 3.97. The van der Waals surface area contributed by atoms with E-state index in [9.17, 15) is 13.2 Å². The quantitative estimate of drug-likeness (QED) is 0.645. The maximum Gasteiger partial charge on any atom is 0.303 e. The Labute approximate surface area is 97.3 Å². The Kier molecular flexibility index (Phi) is 7.33. The molecule has 2 N–H and O–H groups in total. The molecule has 16 heavy (non-hydrogen) atoms. The molecular weight excluding hydrogens is 230 g/mol.